The average Bonchev–Trinajstić information content (AvgIpc) is 3.21. The van der Waals surface area contributed by atoms with Gasteiger partial charge in [0.2, 0.25) is 0 Å². The number of fused-ring (bicyclic) bond motifs is 1. The lowest BCUT2D eigenvalue weighted by atomic mass is 9.88. The van der Waals surface area contributed by atoms with Gasteiger partial charge in [-0.3, -0.25) is 4.39 Å². The predicted octanol–water partition coefficient (Wildman–Crippen LogP) is 9.97. The van der Waals surface area contributed by atoms with Crippen LogP contribution >= 0.6 is 0 Å². The fourth-order valence-corrected chi connectivity index (χ4v) is 6.04. The standard InChI is InChI=1S/C37H45FO3/c38-25-10-4-2-1-3-5-11-26-39-32-21-19-30(20-22-32)37-34(29-14-7-6-8-15-29)17-13-16-31-28-33(23-24-35(31)37)41-36-18-9-12-27-40-36/h6-8,14-15,19-24,28,36H,1-5,9-13,16-18,25-27H2. The summed E-state index contributed by atoms with van der Waals surface area (Å²) < 4.78 is 30.4. The Morgan fingerprint density at radius 3 is 2.22 bits per heavy atom. The number of alkyl halides is 1. The highest BCUT2D eigenvalue weighted by atomic mass is 19.1. The van der Waals surface area contributed by atoms with Crippen molar-refractivity contribution < 1.29 is 18.6 Å². The summed E-state index contributed by atoms with van der Waals surface area (Å²) in [4.78, 5) is 0. The number of hydrogen-bond donors (Lipinski definition) is 0. The minimum atomic E-state index is -0.184. The highest BCUT2D eigenvalue weighted by molar-refractivity contribution is 6.00. The third-order valence-corrected chi connectivity index (χ3v) is 8.24. The Kier molecular flexibility index (Phi) is 11.3. The van der Waals surface area contributed by atoms with Crippen molar-refractivity contribution in [1.29, 1.82) is 0 Å². The van der Waals surface area contributed by atoms with E-state index in [1.807, 2.05) is 0 Å². The maximum Gasteiger partial charge on any atom is 0.199 e. The molecule has 1 atom stereocenters. The average molecular weight is 557 g/mol. The van der Waals surface area contributed by atoms with Crippen molar-refractivity contribution in [2.75, 3.05) is 19.9 Å². The van der Waals surface area contributed by atoms with Gasteiger partial charge in [-0.25, -0.2) is 0 Å². The molecule has 1 aliphatic carbocycles. The van der Waals surface area contributed by atoms with Crippen LogP contribution in [0.1, 0.15) is 99.3 Å². The first-order valence-corrected chi connectivity index (χ1v) is 15.8. The van der Waals surface area contributed by atoms with Gasteiger partial charge >= 0.3 is 0 Å². The normalized spacial score (nSPS) is 17.1. The monoisotopic (exact) mass is 556 g/mol. The van der Waals surface area contributed by atoms with E-state index in [2.05, 4.69) is 72.8 Å². The van der Waals surface area contributed by atoms with Gasteiger partial charge in [0.15, 0.2) is 6.29 Å². The predicted molar refractivity (Wildman–Crippen MR) is 166 cm³/mol. The van der Waals surface area contributed by atoms with Gasteiger partial charge in [-0.05, 0) is 103 Å². The Balaban J connectivity index is 1.31. The van der Waals surface area contributed by atoms with Crippen LogP contribution in [0.3, 0.4) is 0 Å². The summed E-state index contributed by atoms with van der Waals surface area (Å²) >= 11 is 0. The highest BCUT2D eigenvalue weighted by Crippen LogP contribution is 2.41. The minimum Gasteiger partial charge on any atom is -0.494 e. The maximum absolute atomic E-state index is 12.2. The highest BCUT2D eigenvalue weighted by Gasteiger charge is 2.22. The molecule has 41 heavy (non-hydrogen) atoms. The maximum atomic E-state index is 12.2. The second-order valence-electron chi connectivity index (χ2n) is 11.3. The van der Waals surface area contributed by atoms with Crippen molar-refractivity contribution in [1.82, 2.24) is 0 Å². The Bertz CT molecular complexity index is 1230. The molecule has 0 spiro atoms. The van der Waals surface area contributed by atoms with Crippen molar-refractivity contribution in [3.63, 3.8) is 0 Å². The first kappa shape index (κ1) is 29.4. The van der Waals surface area contributed by atoms with Crippen LogP contribution in [0.4, 0.5) is 4.39 Å². The molecule has 0 saturated carbocycles. The van der Waals surface area contributed by atoms with E-state index in [4.69, 9.17) is 14.2 Å². The number of halogens is 1. The molecule has 5 rings (SSSR count). The zero-order chi connectivity index (χ0) is 28.1. The summed E-state index contributed by atoms with van der Waals surface area (Å²) in [5, 5.41) is 0. The van der Waals surface area contributed by atoms with Gasteiger partial charge in [0.1, 0.15) is 11.5 Å². The molecular weight excluding hydrogens is 511 g/mol. The van der Waals surface area contributed by atoms with Crippen molar-refractivity contribution in [3.05, 3.63) is 95.1 Å². The fraction of sp³-hybridized carbons (Fsp3) is 0.459. The van der Waals surface area contributed by atoms with Crippen LogP contribution in [-0.4, -0.2) is 26.2 Å². The molecule has 3 aromatic rings. The summed E-state index contributed by atoms with van der Waals surface area (Å²) in [6.07, 6.45) is 13.7. The number of hydrogen-bond acceptors (Lipinski definition) is 3. The van der Waals surface area contributed by atoms with Crippen LogP contribution in [0.25, 0.3) is 11.1 Å². The van der Waals surface area contributed by atoms with E-state index in [1.54, 1.807) is 0 Å². The third kappa shape index (κ3) is 8.45. The second kappa shape index (κ2) is 15.8. The van der Waals surface area contributed by atoms with Crippen LogP contribution in [-0.2, 0) is 11.2 Å². The smallest absolute Gasteiger partial charge is 0.199 e. The van der Waals surface area contributed by atoms with Gasteiger partial charge in [0, 0.05) is 6.42 Å². The number of ether oxygens (including phenoxy) is 3. The molecule has 0 N–H and O–H groups in total. The Morgan fingerprint density at radius 1 is 0.707 bits per heavy atom. The van der Waals surface area contributed by atoms with Gasteiger partial charge in [0.05, 0.1) is 19.9 Å². The van der Waals surface area contributed by atoms with Crippen molar-refractivity contribution in [2.45, 2.75) is 89.8 Å². The van der Waals surface area contributed by atoms with E-state index in [0.717, 1.165) is 88.9 Å². The van der Waals surface area contributed by atoms with E-state index in [1.165, 1.54) is 46.2 Å². The zero-order valence-electron chi connectivity index (χ0n) is 24.4. The van der Waals surface area contributed by atoms with Crippen LogP contribution in [0.2, 0.25) is 0 Å². The molecule has 3 nitrogen and oxygen atoms in total. The summed E-state index contributed by atoms with van der Waals surface area (Å²) in [6, 6.07) is 26.1. The topological polar surface area (TPSA) is 27.7 Å². The molecule has 0 bridgehead atoms. The second-order valence-corrected chi connectivity index (χ2v) is 11.3. The molecular formula is C37H45FO3. The van der Waals surface area contributed by atoms with Crippen LogP contribution in [0.5, 0.6) is 11.5 Å². The van der Waals surface area contributed by atoms with Crippen LogP contribution in [0.15, 0.2) is 72.8 Å². The molecule has 1 aliphatic heterocycles. The summed E-state index contributed by atoms with van der Waals surface area (Å²) in [6.45, 7) is 1.33. The molecule has 0 aromatic heterocycles. The van der Waals surface area contributed by atoms with E-state index < -0.39 is 0 Å². The summed E-state index contributed by atoms with van der Waals surface area (Å²) in [5.74, 6) is 1.82. The van der Waals surface area contributed by atoms with Crippen LogP contribution in [0, 0.1) is 0 Å². The molecule has 0 radical (unpaired) electrons. The van der Waals surface area contributed by atoms with Crippen molar-refractivity contribution >= 4 is 11.1 Å². The largest absolute Gasteiger partial charge is 0.494 e. The zero-order valence-corrected chi connectivity index (χ0v) is 24.4. The minimum absolute atomic E-state index is 0.137. The number of unbranched alkanes of at least 4 members (excludes halogenated alkanes) is 6. The molecule has 2 aliphatic rings. The Morgan fingerprint density at radius 2 is 1.46 bits per heavy atom. The van der Waals surface area contributed by atoms with Gasteiger partial charge in [-0.2, -0.15) is 0 Å². The number of aryl methyl sites for hydroxylation is 1. The Hall–Kier alpha value is -3.11. The molecule has 0 amide bonds. The lowest BCUT2D eigenvalue weighted by Crippen LogP contribution is -2.25. The van der Waals surface area contributed by atoms with E-state index >= 15 is 0 Å². The molecule has 1 heterocycles. The molecule has 1 unspecified atom stereocenters. The quantitative estimate of drug-likeness (QED) is 0.185. The molecule has 1 fully saturated rings. The van der Waals surface area contributed by atoms with Crippen molar-refractivity contribution in [3.8, 4) is 11.5 Å². The molecule has 3 aromatic carbocycles. The fourth-order valence-electron chi connectivity index (χ4n) is 6.04. The van der Waals surface area contributed by atoms with E-state index in [-0.39, 0.29) is 13.0 Å². The van der Waals surface area contributed by atoms with Gasteiger partial charge in [-0.1, -0.05) is 80.6 Å². The third-order valence-electron chi connectivity index (χ3n) is 8.24. The molecule has 1 saturated heterocycles. The van der Waals surface area contributed by atoms with Crippen molar-refractivity contribution in [2.24, 2.45) is 0 Å². The van der Waals surface area contributed by atoms with E-state index in [0.29, 0.717) is 6.42 Å². The number of allylic oxidation sites excluding steroid dienone is 1. The van der Waals surface area contributed by atoms with Gasteiger partial charge < -0.3 is 14.2 Å². The molecule has 218 valence electrons. The van der Waals surface area contributed by atoms with E-state index in [9.17, 15) is 4.39 Å². The lowest BCUT2D eigenvalue weighted by molar-refractivity contribution is -0.105. The van der Waals surface area contributed by atoms with Crippen LogP contribution < -0.4 is 9.47 Å². The Labute approximate surface area is 245 Å². The first-order valence-electron chi connectivity index (χ1n) is 15.8. The summed E-state index contributed by atoms with van der Waals surface area (Å²) in [5.41, 5.74) is 7.84. The molecule has 4 heteroatoms. The SMILES string of the molecule is FCCCCCCCCCOc1ccc(C2=C(c3ccccc3)CCCc3cc(OC4CCCCO4)ccc32)cc1. The lowest BCUT2D eigenvalue weighted by Gasteiger charge is -2.24. The number of rotatable bonds is 14. The first-order chi connectivity index (χ1) is 20.3. The summed E-state index contributed by atoms with van der Waals surface area (Å²) in [7, 11) is 0. The van der Waals surface area contributed by atoms with Gasteiger partial charge in [0.25, 0.3) is 0 Å². The number of benzene rings is 3. The van der Waals surface area contributed by atoms with Gasteiger partial charge in [-0.15, -0.1) is 0 Å².